The topological polar surface area (TPSA) is 55.6 Å². The monoisotopic (exact) mass is 374 g/mol. The van der Waals surface area contributed by atoms with Crippen LogP contribution in [0.2, 0.25) is 0 Å². The van der Waals surface area contributed by atoms with E-state index in [4.69, 9.17) is 10.5 Å². The Balaban J connectivity index is 1.87. The van der Waals surface area contributed by atoms with Crippen molar-refractivity contribution < 1.29 is 9.53 Å². The van der Waals surface area contributed by atoms with Gasteiger partial charge in [0.1, 0.15) is 11.9 Å². The van der Waals surface area contributed by atoms with Gasteiger partial charge in [-0.25, -0.2) is 0 Å². The Bertz CT molecular complexity index is 443. The number of carbonyl (C=O) groups excluding carboxylic acids is 1. The van der Waals surface area contributed by atoms with Crippen LogP contribution in [-0.4, -0.2) is 36.0 Å². The molecule has 0 spiro atoms. The van der Waals surface area contributed by atoms with Crippen LogP contribution in [0, 0.1) is 3.57 Å². The Morgan fingerprint density at radius 1 is 1.42 bits per heavy atom. The summed E-state index contributed by atoms with van der Waals surface area (Å²) in [5.74, 6) is 0.966. The summed E-state index contributed by atoms with van der Waals surface area (Å²) in [4.78, 5) is 13.6. The van der Waals surface area contributed by atoms with Gasteiger partial charge >= 0.3 is 0 Å². The number of piperidine rings is 1. The van der Waals surface area contributed by atoms with Crippen molar-refractivity contribution in [1.29, 1.82) is 0 Å². The Morgan fingerprint density at radius 2 is 2.05 bits per heavy atom. The zero-order chi connectivity index (χ0) is 13.8. The van der Waals surface area contributed by atoms with Crippen LogP contribution < -0.4 is 10.5 Å². The molecule has 2 N–H and O–H groups in total. The number of hydrogen-bond donors (Lipinski definition) is 1. The first-order valence-corrected chi connectivity index (χ1v) is 7.61. The smallest absolute Gasteiger partial charge is 0.239 e. The van der Waals surface area contributed by atoms with E-state index in [0.717, 1.165) is 35.3 Å². The third kappa shape index (κ3) is 3.82. The maximum atomic E-state index is 11.8. The molecule has 1 atom stereocenters. The van der Waals surface area contributed by atoms with Crippen LogP contribution in [0.1, 0.15) is 19.8 Å². The molecule has 1 amide bonds. The number of likely N-dealkylation sites (tertiary alicyclic amines) is 1. The second-order valence-electron chi connectivity index (χ2n) is 4.86. The van der Waals surface area contributed by atoms with Gasteiger partial charge in [-0.15, -0.1) is 0 Å². The largest absolute Gasteiger partial charge is 0.489 e. The van der Waals surface area contributed by atoms with E-state index in [1.165, 1.54) is 0 Å². The fourth-order valence-electron chi connectivity index (χ4n) is 2.20. The highest BCUT2D eigenvalue weighted by Crippen LogP contribution is 2.24. The molecule has 0 saturated carbocycles. The van der Waals surface area contributed by atoms with Crippen molar-refractivity contribution in [2.24, 2.45) is 5.73 Å². The molecule has 0 bridgehead atoms. The van der Waals surface area contributed by atoms with E-state index < -0.39 is 6.04 Å². The number of nitrogens with zero attached hydrogens (tertiary/aromatic N) is 1. The molecule has 1 aliphatic rings. The summed E-state index contributed by atoms with van der Waals surface area (Å²) >= 11 is 2.27. The number of nitrogens with two attached hydrogens (primary N) is 1. The molecule has 1 heterocycles. The average Bonchev–Trinajstić information content (AvgIpc) is 2.41. The molecule has 19 heavy (non-hydrogen) atoms. The fraction of sp³-hybridized carbons (Fsp3) is 0.500. The number of benzene rings is 1. The predicted molar refractivity (Wildman–Crippen MR) is 83.0 cm³/mol. The highest BCUT2D eigenvalue weighted by Gasteiger charge is 2.25. The first kappa shape index (κ1) is 14.6. The van der Waals surface area contributed by atoms with Crippen LogP contribution in [0.15, 0.2) is 24.3 Å². The molecule has 1 aliphatic heterocycles. The normalized spacial score (nSPS) is 18.2. The van der Waals surface area contributed by atoms with Crippen molar-refractivity contribution in [3.05, 3.63) is 27.8 Å². The maximum Gasteiger partial charge on any atom is 0.239 e. The van der Waals surface area contributed by atoms with Gasteiger partial charge in [-0.05, 0) is 41.6 Å². The molecular formula is C14H19IN2O2. The molecule has 0 aliphatic carbocycles. The Morgan fingerprint density at radius 3 is 2.63 bits per heavy atom. The Labute approximate surface area is 127 Å². The molecule has 0 unspecified atom stereocenters. The van der Waals surface area contributed by atoms with Crippen molar-refractivity contribution >= 4 is 28.5 Å². The molecule has 2 rings (SSSR count). The second kappa shape index (κ2) is 6.56. The van der Waals surface area contributed by atoms with E-state index in [-0.39, 0.29) is 12.0 Å². The van der Waals surface area contributed by atoms with Crippen LogP contribution in [-0.2, 0) is 4.79 Å². The lowest BCUT2D eigenvalue weighted by Crippen LogP contribution is -2.47. The molecule has 1 aromatic carbocycles. The van der Waals surface area contributed by atoms with Gasteiger partial charge in [0.05, 0.1) is 9.61 Å². The van der Waals surface area contributed by atoms with Crippen LogP contribution in [0.4, 0.5) is 0 Å². The predicted octanol–water partition coefficient (Wildman–Crippen LogP) is 2.01. The highest BCUT2D eigenvalue weighted by atomic mass is 127. The number of para-hydroxylation sites is 1. The van der Waals surface area contributed by atoms with Gasteiger partial charge in [-0.1, -0.05) is 12.1 Å². The number of amides is 1. The molecule has 1 fully saturated rings. The van der Waals surface area contributed by atoms with E-state index in [1.54, 1.807) is 6.92 Å². The molecule has 0 aromatic heterocycles. The van der Waals surface area contributed by atoms with Crippen molar-refractivity contribution in [3.8, 4) is 5.75 Å². The third-order valence-electron chi connectivity index (χ3n) is 3.27. The zero-order valence-electron chi connectivity index (χ0n) is 11.0. The van der Waals surface area contributed by atoms with E-state index in [2.05, 4.69) is 22.6 Å². The Kier molecular flexibility index (Phi) is 5.04. The van der Waals surface area contributed by atoms with Gasteiger partial charge in [0, 0.05) is 25.9 Å². The average molecular weight is 374 g/mol. The lowest BCUT2D eigenvalue weighted by molar-refractivity contribution is -0.133. The van der Waals surface area contributed by atoms with Gasteiger partial charge < -0.3 is 15.4 Å². The SMILES string of the molecule is C[C@H](N)C(=O)N1CCC(Oc2ccccc2I)CC1. The van der Waals surface area contributed by atoms with Gasteiger partial charge in [-0.2, -0.15) is 0 Å². The molecule has 1 saturated heterocycles. The molecule has 4 nitrogen and oxygen atoms in total. The summed E-state index contributed by atoms with van der Waals surface area (Å²) in [5.41, 5.74) is 5.62. The minimum absolute atomic E-state index is 0.0349. The maximum absolute atomic E-state index is 11.8. The van der Waals surface area contributed by atoms with Crippen LogP contribution in [0.3, 0.4) is 0 Å². The first-order chi connectivity index (χ1) is 9.08. The minimum atomic E-state index is -0.410. The van der Waals surface area contributed by atoms with Crippen LogP contribution >= 0.6 is 22.6 Å². The molecule has 104 valence electrons. The summed E-state index contributed by atoms with van der Waals surface area (Å²) in [6, 6.07) is 7.59. The molecular weight excluding hydrogens is 355 g/mol. The Hall–Kier alpha value is -0.820. The number of hydrogen-bond acceptors (Lipinski definition) is 3. The molecule has 5 heteroatoms. The lowest BCUT2D eigenvalue weighted by Gasteiger charge is -2.33. The summed E-state index contributed by atoms with van der Waals surface area (Å²) in [6.07, 6.45) is 1.92. The van der Waals surface area contributed by atoms with E-state index in [1.807, 2.05) is 29.2 Å². The van der Waals surface area contributed by atoms with Crippen molar-refractivity contribution in [1.82, 2.24) is 4.90 Å². The molecule has 1 aromatic rings. The third-order valence-corrected chi connectivity index (χ3v) is 4.16. The number of carbonyl (C=O) groups is 1. The quantitative estimate of drug-likeness (QED) is 0.824. The number of halogens is 1. The number of rotatable bonds is 3. The fourth-order valence-corrected chi connectivity index (χ4v) is 2.72. The van der Waals surface area contributed by atoms with Gasteiger partial charge in [0.2, 0.25) is 5.91 Å². The zero-order valence-corrected chi connectivity index (χ0v) is 13.2. The van der Waals surface area contributed by atoms with Gasteiger partial charge in [-0.3, -0.25) is 4.79 Å². The van der Waals surface area contributed by atoms with Crippen LogP contribution in [0.5, 0.6) is 5.75 Å². The van der Waals surface area contributed by atoms with E-state index in [0.29, 0.717) is 0 Å². The second-order valence-corrected chi connectivity index (χ2v) is 6.02. The minimum Gasteiger partial charge on any atom is -0.489 e. The van der Waals surface area contributed by atoms with Crippen LogP contribution in [0.25, 0.3) is 0 Å². The number of ether oxygens (including phenoxy) is 1. The summed E-state index contributed by atoms with van der Waals surface area (Å²) in [7, 11) is 0. The highest BCUT2D eigenvalue weighted by molar-refractivity contribution is 14.1. The van der Waals surface area contributed by atoms with E-state index >= 15 is 0 Å². The standard InChI is InChI=1S/C14H19IN2O2/c1-10(16)14(18)17-8-6-11(7-9-17)19-13-5-3-2-4-12(13)15/h2-5,10-11H,6-9,16H2,1H3/t10-/m0/s1. The van der Waals surface area contributed by atoms with E-state index in [9.17, 15) is 4.79 Å². The molecule has 0 radical (unpaired) electrons. The van der Waals surface area contributed by atoms with Gasteiger partial charge in [0.25, 0.3) is 0 Å². The van der Waals surface area contributed by atoms with Gasteiger partial charge in [0.15, 0.2) is 0 Å². The van der Waals surface area contributed by atoms with Crippen molar-refractivity contribution in [2.45, 2.75) is 31.9 Å². The summed E-state index contributed by atoms with van der Waals surface area (Å²) in [5, 5.41) is 0. The summed E-state index contributed by atoms with van der Waals surface area (Å²) in [6.45, 7) is 3.19. The van der Waals surface area contributed by atoms with Crippen molar-refractivity contribution in [3.63, 3.8) is 0 Å². The lowest BCUT2D eigenvalue weighted by atomic mass is 10.1. The first-order valence-electron chi connectivity index (χ1n) is 6.53. The summed E-state index contributed by atoms with van der Waals surface area (Å²) < 4.78 is 7.12. The van der Waals surface area contributed by atoms with Crippen molar-refractivity contribution in [2.75, 3.05) is 13.1 Å².